The van der Waals surface area contributed by atoms with E-state index < -0.39 is 5.60 Å². The van der Waals surface area contributed by atoms with E-state index in [0.717, 1.165) is 42.5 Å². The molecule has 12 nitrogen and oxygen atoms in total. The van der Waals surface area contributed by atoms with Crippen molar-refractivity contribution in [2.45, 2.75) is 145 Å². The van der Waals surface area contributed by atoms with Crippen LogP contribution in [0.3, 0.4) is 0 Å². The number of ether oxygens (including phenoxy) is 3. The minimum absolute atomic E-state index is 0.0777. The van der Waals surface area contributed by atoms with Crippen LogP contribution in [0.2, 0.25) is 5.15 Å². The predicted molar refractivity (Wildman–Crippen MR) is 227 cm³/mol. The average molecular weight is 817 g/mol. The molecule has 2 amide bonds. The summed E-state index contributed by atoms with van der Waals surface area (Å²) < 4.78 is 22.1. The van der Waals surface area contributed by atoms with Crippen molar-refractivity contribution in [3.05, 3.63) is 46.2 Å². The Kier molecular flexibility index (Phi) is 15.8. The Morgan fingerprint density at radius 1 is 1.04 bits per heavy atom. The summed E-state index contributed by atoms with van der Waals surface area (Å²) in [6.07, 6.45) is 12.4. The number of rotatable bonds is 12. The van der Waals surface area contributed by atoms with Crippen LogP contribution in [0.25, 0.3) is 5.82 Å². The second-order valence-corrected chi connectivity index (χ2v) is 17.0. The lowest BCUT2D eigenvalue weighted by atomic mass is 10.0. The van der Waals surface area contributed by atoms with Crippen LogP contribution in [0.5, 0.6) is 5.88 Å². The van der Waals surface area contributed by atoms with Crippen molar-refractivity contribution in [1.29, 1.82) is 0 Å². The standard InChI is InChI=1S/C36H48ClN7O5S.3C2H6/c1-33(2,3)49-32(46)43-22-23(21-34(43,4)5)47-20-17-38-26-7-6-8-29(39-26)50-42-31(45)24-9-10-27(40-30(24)37)44-18-11-28(41-44)48-19-12-25-35(13-14-35)36(25)15-16-36;3*1-2/h8-11,18,23,25H,6-7,12-17,19-22H2,1-5H3,(H,38,39)(H,42,45);3*1-2H3. The number of allylic oxidation sites excluding steroid dienone is 1. The molecule has 2 aromatic rings. The highest BCUT2D eigenvalue weighted by molar-refractivity contribution is 8.01. The summed E-state index contributed by atoms with van der Waals surface area (Å²) in [4.78, 5) is 36.5. The fourth-order valence-corrected chi connectivity index (χ4v) is 9.06. The maximum atomic E-state index is 13.0. The monoisotopic (exact) mass is 815 g/mol. The molecule has 0 radical (unpaired) electrons. The number of amides is 2. The van der Waals surface area contributed by atoms with Crippen molar-refractivity contribution in [3.8, 4) is 11.7 Å². The van der Waals surface area contributed by atoms with E-state index in [4.69, 9.17) is 25.8 Å². The molecule has 0 aromatic carbocycles. The fraction of sp³-hybridized carbons (Fsp3) is 0.690. The number of pyridine rings is 1. The maximum absolute atomic E-state index is 13.0. The smallest absolute Gasteiger partial charge is 0.410 e. The van der Waals surface area contributed by atoms with Crippen LogP contribution >= 0.6 is 23.5 Å². The summed E-state index contributed by atoms with van der Waals surface area (Å²) in [6.45, 7) is 23.8. The summed E-state index contributed by atoms with van der Waals surface area (Å²) in [7, 11) is 0. The van der Waals surface area contributed by atoms with E-state index in [0.29, 0.717) is 48.8 Å². The summed E-state index contributed by atoms with van der Waals surface area (Å²) in [5.41, 5.74) is 0.742. The minimum Gasteiger partial charge on any atom is -0.477 e. The average Bonchev–Trinajstić information content (AvgIpc) is 4.13. The van der Waals surface area contributed by atoms with E-state index in [1.54, 1.807) is 27.9 Å². The molecule has 2 aromatic heterocycles. The molecule has 4 heterocycles. The van der Waals surface area contributed by atoms with Crippen molar-refractivity contribution < 1.29 is 23.8 Å². The number of carbonyl (C=O) groups excluding carboxylic acids is 2. The molecule has 2 N–H and O–H groups in total. The van der Waals surface area contributed by atoms with Gasteiger partial charge in [-0.25, -0.2) is 14.5 Å². The molecule has 1 saturated heterocycles. The zero-order valence-electron chi connectivity index (χ0n) is 35.6. The number of hydrogen-bond donors (Lipinski definition) is 2. The van der Waals surface area contributed by atoms with Gasteiger partial charge in [-0.15, -0.1) is 5.10 Å². The van der Waals surface area contributed by atoms with Crippen LogP contribution in [-0.4, -0.2) is 81.0 Å². The van der Waals surface area contributed by atoms with Crippen LogP contribution in [-0.2, 0) is 9.47 Å². The van der Waals surface area contributed by atoms with E-state index in [1.165, 1.54) is 37.6 Å². The highest BCUT2D eigenvalue weighted by Gasteiger charge is 2.85. The minimum atomic E-state index is -0.547. The number of carbonyl (C=O) groups is 2. The lowest BCUT2D eigenvalue weighted by molar-refractivity contribution is 0.0104. The van der Waals surface area contributed by atoms with Gasteiger partial charge in [0.1, 0.15) is 16.6 Å². The van der Waals surface area contributed by atoms with E-state index in [-0.39, 0.29) is 34.4 Å². The second-order valence-electron chi connectivity index (χ2n) is 15.8. The Balaban J connectivity index is 0.00000111. The fourth-order valence-electron chi connectivity index (χ4n) is 8.14. The van der Waals surface area contributed by atoms with Gasteiger partial charge in [-0.3, -0.25) is 14.5 Å². The number of nitrogens with zero attached hydrogens (tertiary/aromatic N) is 5. The first-order chi connectivity index (χ1) is 26.8. The molecular formula is C42H66ClN7O5S. The first kappa shape index (κ1) is 45.4. The zero-order valence-corrected chi connectivity index (χ0v) is 37.2. The lowest BCUT2D eigenvalue weighted by Crippen LogP contribution is -2.45. The molecule has 312 valence electrons. The molecule has 3 saturated carbocycles. The van der Waals surface area contributed by atoms with Gasteiger partial charge < -0.3 is 24.4 Å². The van der Waals surface area contributed by atoms with E-state index in [9.17, 15) is 9.59 Å². The largest absolute Gasteiger partial charge is 0.477 e. The molecule has 2 aliphatic heterocycles. The van der Waals surface area contributed by atoms with Crippen molar-refractivity contribution in [2.75, 3.05) is 26.3 Å². The molecule has 14 heteroatoms. The van der Waals surface area contributed by atoms with Gasteiger partial charge in [0.05, 0.1) is 43.0 Å². The molecule has 0 bridgehead atoms. The van der Waals surface area contributed by atoms with Crippen LogP contribution in [0.1, 0.15) is 138 Å². The summed E-state index contributed by atoms with van der Waals surface area (Å²) in [5, 5.41) is 8.67. The third-order valence-corrected chi connectivity index (χ3v) is 11.9. The summed E-state index contributed by atoms with van der Waals surface area (Å²) in [5.74, 6) is 2.38. The van der Waals surface area contributed by atoms with Crippen molar-refractivity contribution >= 4 is 41.4 Å². The molecule has 56 heavy (non-hydrogen) atoms. The van der Waals surface area contributed by atoms with Gasteiger partial charge in [0.2, 0.25) is 5.88 Å². The lowest BCUT2D eigenvalue weighted by Gasteiger charge is -2.33. The van der Waals surface area contributed by atoms with Gasteiger partial charge in [-0.2, -0.15) is 0 Å². The van der Waals surface area contributed by atoms with Gasteiger partial charge in [-0.1, -0.05) is 59.2 Å². The Hall–Kier alpha value is -3.29. The Morgan fingerprint density at radius 2 is 1.71 bits per heavy atom. The van der Waals surface area contributed by atoms with Crippen molar-refractivity contribution in [2.24, 2.45) is 21.7 Å². The number of aliphatic imine (C=N–C) groups is 1. The predicted octanol–water partition coefficient (Wildman–Crippen LogP) is 9.76. The van der Waals surface area contributed by atoms with Crippen molar-refractivity contribution in [3.63, 3.8) is 0 Å². The molecule has 3 aliphatic carbocycles. The number of fused-ring (bicyclic) bond motifs is 1. The highest BCUT2D eigenvalue weighted by atomic mass is 35.5. The maximum Gasteiger partial charge on any atom is 0.410 e. The topological polar surface area (TPSA) is 132 Å². The zero-order chi connectivity index (χ0) is 41.3. The SMILES string of the molecule is CC.CC.CC.CC(C)(C)OC(=O)N1CC(OCCN=C2CCC=C(SNC(=O)c3ccc(-n4ccc(OCCC5C6(CC6)C56CC6)n4)nc3Cl)N2)CC1(C)C. The molecule has 5 aliphatic rings. The highest BCUT2D eigenvalue weighted by Crippen LogP contribution is 2.93. The first-order valence-electron chi connectivity index (χ1n) is 20.7. The quantitative estimate of drug-likeness (QED) is 0.122. The number of likely N-dealkylation sites (tertiary alicyclic amines) is 1. The van der Waals surface area contributed by atoms with Crippen molar-refractivity contribution in [1.82, 2.24) is 29.7 Å². The van der Waals surface area contributed by atoms with Crippen LogP contribution < -0.4 is 14.8 Å². The van der Waals surface area contributed by atoms with Gasteiger partial charge in [0, 0.05) is 36.2 Å². The molecule has 7 rings (SSSR count). The van der Waals surface area contributed by atoms with Crippen LogP contribution in [0, 0.1) is 16.7 Å². The van der Waals surface area contributed by atoms with E-state index in [1.807, 2.05) is 88.3 Å². The number of nitrogens with one attached hydrogen (secondary N) is 2. The molecule has 1 atom stereocenters. The van der Waals surface area contributed by atoms with Gasteiger partial charge in [-0.05, 0) is 108 Å². The molecule has 2 spiro atoms. The molecular weight excluding hydrogens is 750 g/mol. The summed E-state index contributed by atoms with van der Waals surface area (Å²) >= 11 is 7.63. The van der Waals surface area contributed by atoms with Crippen LogP contribution in [0.15, 0.2) is 40.5 Å². The Bertz CT molecular complexity index is 1680. The third-order valence-electron chi connectivity index (χ3n) is 10.8. The second kappa shape index (κ2) is 19.4. The van der Waals surface area contributed by atoms with Gasteiger partial charge in [0.15, 0.2) is 5.82 Å². The first-order valence-corrected chi connectivity index (χ1v) is 21.9. The van der Waals surface area contributed by atoms with Gasteiger partial charge in [0.25, 0.3) is 5.91 Å². The number of aromatic nitrogens is 3. The Morgan fingerprint density at radius 3 is 2.34 bits per heavy atom. The number of halogens is 1. The van der Waals surface area contributed by atoms with E-state index in [2.05, 4.69) is 25.1 Å². The Labute approximate surface area is 344 Å². The van der Waals surface area contributed by atoms with E-state index >= 15 is 0 Å². The summed E-state index contributed by atoms with van der Waals surface area (Å²) in [6, 6.07) is 5.19. The number of amidine groups is 1. The van der Waals surface area contributed by atoms with Crippen LogP contribution in [0.4, 0.5) is 4.79 Å². The van der Waals surface area contributed by atoms with Gasteiger partial charge >= 0.3 is 6.09 Å². The normalized spacial score (nSPS) is 21.3. The number of hydrogen-bond acceptors (Lipinski definition) is 9. The third kappa shape index (κ3) is 10.8. The molecule has 4 fully saturated rings. The molecule has 1 unspecified atom stereocenters.